The monoisotopic (exact) mass is 438 g/mol. The number of nitrogens with two attached hydrogens (primary N) is 1. The van der Waals surface area contributed by atoms with E-state index in [-0.39, 0.29) is 11.3 Å². The van der Waals surface area contributed by atoms with Gasteiger partial charge in [0, 0.05) is 29.6 Å². The number of carbonyl (C=O) groups is 2. The number of halogens is 1. The zero-order chi connectivity index (χ0) is 23.2. The maximum Gasteiger partial charge on any atom is 0.241 e. The summed E-state index contributed by atoms with van der Waals surface area (Å²) in [5.74, 6) is -2.51. The van der Waals surface area contributed by atoms with Crippen molar-refractivity contribution in [1.82, 2.24) is 4.98 Å². The molecular weight excluding hydrogens is 419 g/mol. The third-order valence-corrected chi connectivity index (χ3v) is 6.58. The van der Waals surface area contributed by atoms with Gasteiger partial charge in [-0.3, -0.25) is 14.6 Å². The highest BCUT2D eigenvalue weighted by molar-refractivity contribution is 6.06. The minimum atomic E-state index is -1.73. The number of carbonyl (C=O) groups excluding carboxylic acids is 2. The fourth-order valence-electron chi connectivity index (χ4n) is 5.15. The Morgan fingerprint density at radius 1 is 1.09 bits per heavy atom. The molecule has 3 heterocycles. The molecule has 1 aromatic heterocycles. The summed E-state index contributed by atoms with van der Waals surface area (Å²) in [5, 5.41) is 10.4. The molecule has 1 amide bonds. The standard InChI is InChI=1S/C26H19FN4O2/c27-19-10-7-17(8-11-19)24(32)23-22(18-5-3-13-30-14-18)26(15-28,25(29)33)21-12-9-16-4-1-2-6-20(16)31(21)23/h1-14,21-23H,(H2,29,33)/t21-,22+,23+,26+/m0/s1. The first-order valence-corrected chi connectivity index (χ1v) is 10.5. The first-order valence-electron chi connectivity index (χ1n) is 10.5. The Kier molecular flexibility index (Phi) is 4.79. The van der Waals surface area contributed by atoms with Crippen LogP contribution >= 0.6 is 0 Å². The highest BCUT2D eigenvalue weighted by Gasteiger charge is 2.65. The van der Waals surface area contributed by atoms with E-state index in [9.17, 15) is 19.2 Å². The molecule has 0 spiro atoms. The molecule has 2 aliphatic rings. The van der Waals surface area contributed by atoms with Crippen molar-refractivity contribution in [2.75, 3.05) is 4.90 Å². The smallest absolute Gasteiger partial charge is 0.241 e. The van der Waals surface area contributed by atoms with Crippen LogP contribution in [0, 0.1) is 22.6 Å². The molecular formula is C26H19FN4O2. The molecule has 0 aliphatic carbocycles. The number of para-hydroxylation sites is 1. The molecule has 7 heteroatoms. The van der Waals surface area contributed by atoms with Gasteiger partial charge in [-0.2, -0.15) is 5.26 Å². The molecule has 0 unspecified atom stereocenters. The quantitative estimate of drug-likeness (QED) is 0.629. The van der Waals surface area contributed by atoms with Crippen molar-refractivity contribution in [3.8, 4) is 6.07 Å². The largest absolute Gasteiger partial charge is 0.368 e. The summed E-state index contributed by atoms with van der Waals surface area (Å²) in [7, 11) is 0. The van der Waals surface area contributed by atoms with E-state index in [1.807, 2.05) is 35.2 Å². The Morgan fingerprint density at radius 2 is 1.85 bits per heavy atom. The number of aromatic nitrogens is 1. The Bertz CT molecular complexity index is 1320. The zero-order valence-corrected chi connectivity index (χ0v) is 17.4. The molecule has 2 N–H and O–H groups in total. The molecule has 4 atom stereocenters. The van der Waals surface area contributed by atoms with Crippen molar-refractivity contribution < 1.29 is 14.0 Å². The van der Waals surface area contributed by atoms with Gasteiger partial charge in [-0.1, -0.05) is 36.4 Å². The Morgan fingerprint density at radius 3 is 2.52 bits per heavy atom. The van der Waals surface area contributed by atoms with Crippen molar-refractivity contribution >= 4 is 23.5 Å². The topological polar surface area (TPSA) is 100 Å². The third-order valence-electron chi connectivity index (χ3n) is 6.58. The van der Waals surface area contributed by atoms with Crippen LogP contribution in [0.2, 0.25) is 0 Å². The summed E-state index contributed by atoms with van der Waals surface area (Å²) in [6, 6.07) is 16.6. The lowest BCUT2D eigenvalue weighted by molar-refractivity contribution is -0.125. The molecule has 1 saturated heterocycles. The summed E-state index contributed by atoms with van der Waals surface area (Å²) in [6.45, 7) is 0. The maximum atomic E-state index is 14.0. The summed E-state index contributed by atoms with van der Waals surface area (Å²) < 4.78 is 13.6. The highest BCUT2D eigenvalue weighted by atomic mass is 19.1. The SMILES string of the molecule is N#C[C@]1(C(N)=O)[C@H](c2cccnc2)[C@H](C(=O)c2ccc(F)cc2)N2c3ccccc3C=C[C@H]21. The molecule has 162 valence electrons. The van der Waals surface area contributed by atoms with E-state index in [2.05, 4.69) is 11.1 Å². The van der Waals surface area contributed by atoms with Gasteiger partial charge < -0.3 is 10.6 Å². The molecule has 5 rings (SSSR count). The van der Waals surface area contributed by atoms with E-state index < -0.39 is 35.1 Å². The van der Waals surface area contributed by atoms with E-state index >= 15 is 0 Å². The number of pyridine rings is 1. The second kappa shape index (κ2) is 7.68. The second-order valence-corrected chi connectivity index (χ2v) is 8.20. The van der Waals surface area contributed by atoms with Gasteiger partial charge in [0.1, 0.15) is 11.9 Å². The molecule has 3 aromatic rings. The molecule has 0 bridgehead atoms. The van der Waals surface area contributed by atoms with Crippen LogP contribution in [0.3, 0.4) is 0 Å². The van der Waals surface area contributed by atoms with Crippen LogP contribution in [0.15, 0.2) is 79.1 Å². The van der Waals surface area contributed by atoms with Crippen molar-refractivity contribution in [3.63, 3.8) is 0 Å². The predicted molar refractivity (Wildman–Crippen MR) is 120 cm³/mol. The van der Waals surface area contributed by atoms with Crippen molar-refractivity contribution in [3.05, 3.63) is 102 Å². The number of hydrogen-bond acceptors (Lipinski definition) is 5. The van der Waals surface area contributed by atoms with Crippen molar-refractivity contribution in [1.29, 1.82) is 5.26 Å². The van der Waals surface area contributed by atoms with Gasteiger partial charge in [0.2, 0.25) is 5.91 Å². The Balaban J connectivity index is 1.80. The molecule has 6 nitrogen and oxygen atoms in total. The Hall–Kier alpha value is -4.31. The van der Waals surface area contributed by atoms with E-state index in [0.717, 1.165) is 11.3 Å². The van der Waals surface area contributed by atoms with Gasteiger partial charge in [-0.15, -0.1) is 0 Å². The lowest BCUT2D eigenvalue weighted by Crippen LogP contribution is -2.49. The fourth-order valence-corrected chi connectivity index (χ4v) is 5.15. The first kappa shape index (κ1) is 20.6. The number of rotatable bonds is 4. The number of anilines is 1. The molecule has 2 aromatic carbocycles. The van der Waals surface area contributed by atoms with Crippen LogP contribution in [0.25, 0.3) is 6.08 Å². The van der Waals surface area contributed by atoms with Crippen molar-refractivity contribution in [2.45, 2.75) is 18.0 Å². The molecule has 2 aliphatic heterocycles. The minimum Gasteiger partial charge on any atom is -0.368 e. The summed E-state index contributed by atoms with van der Waals surface area (Å²) >= 11 is 0. The van der Waals surface area contributed by atoms with Gasteiger partial charge in [-0.05, 0) is 47.5 Å². The number of benzene rings is 2. The van der Waals surface area contributed by atoms with Crippen LogP contribution in [0.4, 0.5) is 10.1 Å². The number of ketones is 1. The summed E-state index contributed by atoms with van der Waals surface area (Å²) in [6.07, 6.45) is 6.74. The second-order valence-electron chi connectivity index (χ2n) is 8.20. The maximum absolute atomic E-state index is 14.0. The van der Waals surface area contributed by atoms with E-state index in [0.29, 0.717) is 5.56 Å². The molecule has 33 heavy (non-hydrogen) atoms. The van der Waals surface area contributed by atoms with Gasteiger partial charge in [0.25, 0.3) is 0 Å². The predicted octanol–water partition coefficient (Wildman–Crippen LogP) is 3.47. The number of fused-ring (bicyclic) bond motifs is 3. The zero-order valence-electron chi connectivity index (χ0n) is 17.4. The molecule has 0 radical (unpaired) electrons. The number of Topliss-reactive ketones (excluding diaryl/α,β-unsaturated/α-hetero) is 1. The number of amides is 1. The van der Waals surface area contributed by atoms with Crippen LogP contribution in [-0.4, -0.2) is 28.8 Å². The van der Waals surface area contributed by atoms with Gasteiger partial charge in [0.05, 0.1) is 12.1 Å². The first-order chi connectivity index (χ1) is 16.0. The average Bonchev–Trinajstić information content (AvgIpc) is 3.16. The van der Waals surface area contributed by atoms with Crippen LogP contribution in [0.1, 0.15) is 27.4 Å². The molecule has 0 saturated carbocycles. The number of nitriles is 1. The van der Waals surface area contributed by atoms with E-state index in [1.165, 1.54) is 24.3 Å². The molecule has 1 fully saturated rings. The fraction of sp³-hybridized carbons (Fsp3) is 0.154. The third kappa shape index (κ3) is 2.95. The van der Waals surface area contributed by atoms with Crippen LogP contribution < -0.4 is 10.6 Å². The number of nitrogens with zero attached hydrogens (tertiary/aromatic N) is 3. The van der Waals surface area contributed by atoms with Gasteiger partial charge in [-0.25, -0.2) is 4.39 Å². The summed E-state index contributed by atoms with van der Waals surface area (Å²) in [4.78, 5) is 33.0. The van der Waals surface area contributed by atoms with Crippen molar-refractivity contribution in [2.24, 2.45) is 11.1 Å². The van der Waals surface area contributed by atoms with Gasteiger partial charge in [0.15, 0.2) is 11.2 Å². The Labute approximate surface area is 189 Å². The van der Waals surface area contributed by atoms with Gasteiger partial charge >= 0.3 is 0 Å². The minimum absolute atomic E-state index is 0.277. The number of primary amides is 1. The summed E-state index contributed by atoms with van der Waals surface area (Å²) in [5.41, 5.74) is 6.59. The lowest BCUT2D eigenvalue weighted by Gasteiger charge is -2.36. The van der Waals surface area contributed by atoms with E-state index in [1.54, 1.807) is 30.6 Å². The lowest BCUT2D eigenvalue weighted by atomic mass is 9.68. The highest BCUT2D eigenvalue weighted by Crippen LogP contribution is 2.55. The van der Waals surface area contributed by atoms with E-state index in [4.69, 9.17) is 5.73 Å². The average molecular weight is 438 g/mol. The van der Waals surface area contributed by atoms with Crippen LogP contribution in [-0.2, 0) is 4.79 Å². The normalized spacial score (nSPS) is 25.1. The number of hydrogen-bond donors (Lipinski definition) is 1. The van der Waals surface area contributed by atoms with Crippen LogP contribution in [0.5, 0.6) is 0 Å².